The quantitative estimate of drug-likeness (QED) is 0.127. The van der Waals surface area contributed by atoms with Gasteiger partial charge < -0.3 is 4.74 Å². The number of amides is 1. The van der Waals surface area contributed by atoms with Gasteiger partial charge in [0, 0.05) is 11.6 Å². The molecule has 188 valence electrons. The summed E-state index contributed by atoms with van der Waals surface area (Å²) >= 11 is 2.73. The minimum Gasteiger partial charge on any atom is -0.488 e. The summed E-state index contributed by atoms with van der Waals surface area (Å²) in [7, 11) is 0. The van der Waals surface area contributed by atoms with Crippen LogP contribution in [0, 0.1) is 10.1 Å². The molecule has 0 fully saturated rings. The molecule has 38 heavy (non-hydrogen) atoms. The molecular weight excluding hydrogens is 520 g/mol. The Labute approximate surface area is 226 Å². The third-order valence-electron chi connectivity index (χ3n) is 5.40. The van der Waals surface area contributed by atoms with Gasteiger partial charge in [0.2, 0.25) is 0 Å². The van der Waals surface area contributed by atoms with E-state index in [1.165, 1.54) is 35.4 Å². The molecular formula is C28H20N4O4S2. The molecule has 1 N–H and O–H groups in total. The monoisotopic (exact) mass is 540 g/mol. The van der Waals surface area contributed by atoms with E-state index in [1.54, 1.807) is 36.4 Å². The molecule has 1 aromatic heterocycles. The van der Waals surface area contributed by atoms with E-state index in [0.29, 0.717) is 28.4 Å². The van der Waals surface area contributed by atoms with Gasteiger partial charge in [-0.15, -0.1) is 11.3 Å². The molecule has 0 unspecified atom stereocenters. The van der Waals surface area contributed by atoms with Gasteiger partial charge in [-0.3, -0.25) is 14.9 Å². The Morgan fingerprint density at radius 3 is 2.61 bits per heavy atom. The number of hydrogen-bond donors (Lipinski definition) is 1. The molecule has 5 aromatic rings. The highest BCUT2D eigenvalue weighted by Gasteiger charge is 2.18. The van der Waals surface area contributed by atoms with E-state index in [-0.39, 0.29) is 5.69 Å². The first kappa shape index (κ1) is 25.1. The molecule has 0 aliphatic carbocycles. The number of aromatic nitrogens is 1. The summed E-state index contributed by atoms with van der Waals surface area (Å²) in [5.74, 6) is -0.0293. The van der Waals surface area contributed by atoms with Gasteiger partial charge in [-0.25, -0.2) is 10.4 Å². The van der Waals surface area contributed by atoms with Crippen LogP contribution >= 0.6 is 23.1 Å². The molecule has 1 amide bonds. The van der Waals surface area contributed by atoms with Crippen molar-refractivity contribution in [1.82, 2.24) is 10.4 Å². The van der Waals surface area contributed by atoms with Crippen LogP contribution in [0.2, 0.25) is 0 Å². The lowest BCUT2D eigenvalue weighted by Crippen LogP contribution is -2.18. The summed E-state index contributed by atoms with van der Waals surface area (Å²) in [6.07, 6.45) is 1.37. The van der Waals surface area contributed by atoms with E-state index in [4.69, 9.17) is 4.74 Å². The SMILES string of the molecule is O=C(N/N=C/c1ccc(Sc2nc3ccccc3s2)c([N+](=O)[O-])c1)c1ccccc1OCc1ccccc1. The van der Waals surface area contributed by atoms with Crippen LogP contribution in [-0.2, 0) is 6.61 Å². The molecule has 8 nitrogen and oxygen atoms in total. The third kappa shape index (κ3) is 6.05. The molecule has 10 heteroatoms. The van der Waals surface area contributed by atoms with E-state index >= 15 is 0 Å². The largest absolute Gasteiger partial charge is 0.488 e. The number of hydrazone groups is 1. The zero-order valence-corrected chi connectivity index (χ0v) is 21.4. The summed E-state index contributed by atoms with van der Waals surface area (Å²) in [6.45, 7) is 0.319. The van der Waals surface area contributed by atoms with E-state index in [1.807, 2.05) is 54.6 Å². The van der Waals surface area contributed by atoms with Crippen molar-refractivity contribution in [3.8, 4) is 5.75 Å². The Balaban J connectivity index is 1.27. The van der Waals surface area contributed by atoms with E-state index < -0.39 is 10.8 Å². The molecule has 0 bridgehead atoms. The maximum absolute atomic E-state index is 12.8. The molecule has 1 heterocycles. The number of para-hydroxylation sites is 2. The highest BCUT2D eigenvalue weighted by Crippen LogP contribution is 2.38. The fourth-order valence-corrected chi connectivity index (χ4v) is 5.68. The number of fused-ring (bicyclic) bond motifs is 1. The number of nitrogens with one attached hydrogen (secondary N) is 1. The second-order valence-corrected chi connectivity index (χ2v) is 10.3. The molecule has 0 radical (unpaired) electrons. The van der Waals surface area contributed by atoms with Crippen LogP contribution in [0.4, 0.5) is 5.69 Å². The van der Waals surface area contributed by atoms with Gasteiger partial charge in [0.1, 0.15) is 12.4 Å². The van der Waals surface area contributed by atoms with Crippen LogP contribution in [0.15, 0.2) is 111 Å². The lowest BCUT2D eigenvalue weighted by Gasteiger charge is -2.10. The zero-order chi connectivity index (χ0) is 26.3. The summed E-state index contributed by atoms with van der Waals surface area (Å²) < 4.78 is 7.57. The van der Waals surface area contributed by atoms with Crippen molar-refractivity contribution in [3.05, 3.63) is 124 Å². The van der Waals surface area contributed by atoms with Gasteiger partial charge in [-0.1, -0.05) is 72.4 Å². The number of carbonyl (C=O) groups excluding carboxylic acids is 1. The maximum atomic E-state index is 12.8. The first-order chi connectivity index (χ1) is 18.6. The van der Waals surface area contributed by atoms with Crippen molar-refractivity contribution < 1.29 is 14.5 Å². The number of hydrogen-bond acceptors (Lipinski definition) is 8. The average Bonchev–Trinajstić information content (AvgIpc) is 3.35. The van der Waals surface area contributed by atoms with Gasteiger partial charge in [-0.05, 0) is 35.9 Å². The fraction of sp³-hybridized carbons (Fsp3) is 0.0357. The van der Waals surface area contributed by atoms with Crippen LogP contribution in [0.1, 0.15) is 21.5 Å². The Morgan fingerprint density at radius 2 is 1.79 bits per heavy atom. The van der Waals surface area contributed by atoms with E-state index in [0.717, 1.165) is 20.1 Å². The summed E-state index contributed by atoms with van der Waals surface area (Å²) in [5, 5.41) is 15.8. The van der Waals surface area contributed by atoms with E-state index in [9.17, 15) is 14.9 Å². The molecule has 4 aromatic carbocycles. The topological polar surface area (TPSA) is 107 Å². The number of benzene rings is 4. The Bertz CT molecular complexity index is 1600. The number of rotatable bonds is 9. The van der Waals surface area contributed by atoms with Crippen LogP contribution < -0.4 is 10.2 Å². The molecule has 0 saturated carbocycles. The maximum Gasteiger partial charge on any atom is 0.283 e. The van der Waals surface area contributed by atoms with Crippen molar-refractivity contribution in [3.63, 3.8) is 0 Å². The molecule has 0 spiro atoms. The summed E-state index contributed by atoms with van der Waals surface area (Å²) in [6, 6.07) is 29.0. The molecule has 0 aliphatic rings. The minimum absolute atomic E-state index is 0.0656. The minimum atomic E-state index is -0.456. The summed E-state index contributed by atoms with van der Waals surface area (Å²) in [5.41, 5.74) is 5.04. The molecule has 0 saturated heterocycles. The van der Waals surface area contributed by atoms with Gasteiger partial charge in [0.15, 0.2) is 4.34 Å². The van der Waals surface area contributed by atoms with Crippen molar-refractivity contribution in [1.29, 1.82) is 0 Å². The Kier molecular flexibility index (Phi) is 7.72. The number of nitrogens with zero attached hydrogens (tertiary/aromatic N) is 3. The first-order valence-corrected chi connectivity index (χ1v) is 13.1. The number of carbonyl (C=O) groups is 1. The predicted molar refractivity (Wildman–Crippen MR) is 149 cm³/mol. The highest BCUT2D eigenvalue weighted by atomic mass is 32.2. The van der Waals surface area contributed by atoms with Crippen LogP contribution in [0.25, 0.3) is 10.2 Å². The van der Waals surface area contributed by atoms with Crippen LogP contribution in [0.5, 0.6) is 5.75 Å². The Hall–Kier alpha value is -4.54. The lowest BCUT2D eigenvalue weighted by atomic mass is 10.2. The number of nitro benzene ring substituents is 1. The molecule has 5 rings (SSSR count). The van der Waals surface area contributed by atoms with Gasteiger partial charge >= 0.3 is 0 Å². The number of ether oxygens (including phenoxy) is 1. The standard InChI is InChI=1S/C28H20N4O4S2/c33-27(21-10-4-6-12-24(21)36-18-19-8-2-1-3-9-19)31-29-17-20-14-15-26(23(16-20)32(34)35)38-28-30-22-11-5-7-13-25(22)37-28/h1-17H,18H2,(H,31,33)/b29-17+. The van der Waals surface area contributed by atoms with Crippen molar-refractivity contribution in [2.75, 3.05) is 0 Å². The number of nitro groups is 1. The third-order valence-corrected chi connectivity index (χ3v) is 7.56. The number of thiazole rings is 1. The Morgan fingerprint density at radius 1 is 1.03 bits per heavy atom. The molecule has 0 aliphatic heterocycles. The zero-order valence-electron chi connectivity index (χ0n) is 19.8. The van der Waals surface area contributed by atoms with Crippen molar-refractivity contribution >= 4 is 51.1 Å². The summed E-state index contributed by atoms with van der Waals surface area (Å²) in [4.78, 5) is 29.1. The lowest BCUT2D eigenvalue weighted by molar-refractivity contribution is -0.387. The van der Waals surface area contributed by atoms with Gasteiger partial charge in [0.25, 0.3) is 11.6 Å². The second kappa shape index (κ2) is 11.7. The van der Waals surface area contributed by atoms with Crippen molar-refractivity contribution in [2.45, 2.75) is 15.8 Å². The highest BCUT2D eigenvalue weighted by molar-refractivity contribution is 8.01. The van der Waals surface area contributed by atoms with Gasteiger partial charge in [-0.2, -0.15) is 5.10 Å². The second-order valence-electron chi connectivity index (χ2n) is 8.00. The van der Waals surface area contributed by atoms with Crippen molar-refractivity contribution in [2.24, 2.45) is 5.10 Å². The predicted octanol–water partition coefficient (Wildman–Crippen LogP) is 6.70. The van der Waals surface area contributed by atoms with Crippen LogP contribution in [0.3, 0.4) is 0 Å². The average molecular weight is 541 g/mol. The normalized spacial score (nSPS) is 11.1. The first-order valence-electron chi connectivity index (χ1n) is 11.5. The smallest absolute Gasteiger partial charge is 0.283 e. The molecule has 0 atom stereocenters. The fourth-order valence-electron chi connectivity index (χ4n) is 3.57. The van der Waals surface area contributed by atoms with Gasteiger partial charge in [0.05, 0.1) is 31.8 Å². The van der Waals surface area contributed by atoms with Crippen LogP contribution in [-0.4, -0.2) is 22.0 Å². The van der Waals surface area contributed by atoms with E-state index in [2.05, 4.69) is 15.5 Å².